The molecule has 4 fully saturated rings. The second kappa shape index (κ2) is 44.5. The lowest BCUT2D eigenvalue weighted by molar-refractivity contribution is -0.151. The van der Waals surface area contributed by atoms with Crippen molar-refractivity contribution >= 4 is 111 Å². The topological polar surface area (TPSA) is 636 Å². The summed E-state index contributed by atoms with van der Waals surface area (Å²) < 4.78 is 0. The summed E-state index contributed by atoms with van der Waals surface area (Å²) in [4.78, 5) is 236. The summed E-state index contributed by atoms with van der Waals surface area (Å²) in [5, 5.41) is 67.1. The van der Waals surface area contributed by atoms with Crippen LogP contribution in [0, 0.1) is 5.92 Å². The fourth-order valence-electron chi connectivity index (χ4n) is 13.9. The molecular formula is C71H110N20O21. The Morgan fingerprint density at radius 2 is 0.938 bits per heavy atom. The monoisotopic (exact) mass is 1580 g/mol. The van der Waals surface area contributed by atoms with Crippen LogP contribution in [0.1, 0.15) is 129 Å². The third-order valence-electron chi connectivity index (χ3n) is 19.8. The molecule has 0 aliphatic carbocycles. The highest BCUT2D eigenvalue weighted by Crippen LogP contribution is 2.30. The zero-order valence-corrected chi connectivity index (χ0v) is 63.3. The molecule has 0 unspecified atom stereocenters. The maximum atomic E-state index is 14.3. The molecule has 1 aromatic heterocycles. The van der Waals surface area contributed by atoms with Crippen molar-refractivity contribution in [1.82, 2.24) is 83.1 Å². The van der Waals surface area contributed by atoms with E-state index in [-0.39, 0.29) is 96.4 Å². The van der Waals surface area contributed by atoms with Gasteiger partial charge in [-0.1, -0.05) is 32.0 Å². The van der Waals surface area contributed by atoms with Crippen LogP contribution in [0.5, 0.6) is 0 Å². The smallest absolute Gasteiger partial charge is 0.326 e. The van der Waals surface area contributed by atoms with Crippen LogP contribution in [-0.4, -0.2) is 303 Å². The fraction of sp³-hybridized carbons (Fsp3) is 0.648. The number of carbonyl (C=O) groups excluding carboxylic acids is 16. The molecule has 620 valence electrons. The molecule has 4 aliphatic heterocycles. The number of nitrogens with zero attached hydrogens (tertiary/aromatic N) is 4. The van der Waals surface area contributed by atoms with Crippen molar-refractivity contribution in [2.24, 2.45) is 28.9 Å². The number of carboxylic acids is 1. The van der Waals surface area contributed by atoms with E-state index in [9.17, 15) is 102 Å². The molecule has 0 radical (unpaired) electrons. The standard InChI is InChI=1S/C71H110N20O21/c1-38(2)28-46(83-59(99)42(74)29-40-31-76-43-15-5-4-14-41(40)43)63(103)81-44(16-6-8-22-72)62(102)84-47(30-55(75)95)60(100)78-32-56(96)77-34-58(98)88-24-10-18-51(88)66(106)86-50(37-94)65(105)85-48(35-92)61(101)79-33-57(97)80-39(3)68(108)90-26-12-20-53(90)70(110)91-27-13-21-54(91)69(109)89-25-11-19-52(89)67(107)87-49(36-93)64(104)82-45(71(111)112)17-7-9-23-73/h4-5,14-15,31,38-39,42,44-54,76,92-94H,6-13,16-30,32-37,72-74H2,1-3H3,(H2,75,95)(H,77,96)(H,78,100)(H,79,101)(H,80,97)(H,81,103)(H,82,104)(H,83,99)(H,84,102)(H,85,105)(H,86,106)(H,87,107)(H,111,112)/t39-,42-,44-,45-,46-,47-,48-,49-,50-,51-,52-,53-,54-/m0/s1. The number of carboxylic acid groups (broad SMARTS) is 1. The number of unbranched alkanes of at least 4 members (excludes halogenated alkanes) is 2. The number of nitrogens with two attached hydrogens (primary N) is 4. The Labute approximate surface area is 646 Å². The molecule has 13 atom stereocenters. The minimum absolute atomic E-state index is 0.00427. The number of aliphatic hydroxyl groups excluding tert-OH is 3. The van der Waals surface area contributed by atoms with Crippen LogP contribution >= 0.6 is 0 Å². The van der Waals surface area contributed by atoms with Crippen molar-refractivity contribution < 1.29 is 102 Å². The minimum Gasteiger partial charge on any atom is -0.480 e. The van der Waals surface area contributed by atoms with E-state index in [1.54, 1.807) is 6.20 Å². The summed E-state index contributed by atoms with van der Waals surface area (Å²) in [6.07, 6.45) is 5.10. The first kappa shape index (κ1) is 90.4. The number of aliphatic carboxylic acids is 1. The molecule has 6 rings (SSSR count). The van der Waals surface area contributed by atoms with E-state index >= 15 is 0 Å². The lowest BCUT2D eigenvalue weighted by atomic mass is 10.00. The van der Waals surface area contributed by atoms with Crippen LogP contribution in [0.25, 0.3) is 10.9 Å². The number of fused-ring (bicyclic) bond motifs is 1. The molecule has 4 aliphatic rings. The summed E-state index contributed by atoms with van der Waals surface area (Å²) >= 11 is 0. The number of hydrogen-bond acceptors (Lipinski definition) is 23. The van der Waals surface area contributed by atoms with Gasteiger partial charge in [0, 0.05) is 43.3 Å². The predicted octanol–water partition coefficient (Wildman–Crippen LogP) is -8.51. The number of para-hydroxylation sites is 1. The van der Waals surface area contributed by atoms with E-state index < -0.39 is 225 Å². The van der Waals surface area contributed by atoms with Crippen molar-refractivity contribution in [2.75, 3.05) is 78.7 Å². The van der Waals surface area contributed by atoms with Gasteiger partial charge in [-0.15, -0.1) is 0 Å². The highest BCUT2D eigenvalue weighted by molar-refractivity contribution is 6.01. The lowest BCUT2D eigenvalue weighted by Crippen LogP contribution is -2.59. The lowest BCUT2D eigenvalue weighted by Gasteiger charge is -2.34. The molecule has 0 bridgehead atoms. The van der Waals surface area contributed by atoms with Crippen LogP contribution in [0.15, 0.2) is 30.5 Å². The van der Waals surface area contributed by atoms with Crippen LogP contribution < -0.4 is 81.4 Å². The largest absolute Gasteiger partial charge is 0.480 e. The van der Waals surface area contributed by atoms with Gasteiger partial charge in [0.25, 0.3) is 0 Å². The fourth-order valence-corrected chi connectivity index (χ4v) is 13.9. The van der Waals surface area contributed by atoms with Crippen LogP contribution in [0.4, 0.5) is 0 Å². The van der Waals surface area contributed by atoms with Gasteiger partial charge in [-0.05, 0) is 140 Å². The molecule has 2 aromatic rings. The summed E-state index contributed by atoms with van der Waals surface area (Å²) in [7, 11) is 0. The van der Waals surface area contributed by atoms with Gasteiger partial charge in [0.15, 0.2) is 0 Å². The molecule has 16 amide bonds. The molecule has 1 aromatic carbocycles. The van der Waals surface area contributed by atoms with Crippen LogP contribution in [-0.2, 0) is 87.9 Å². The Morgan fingerprint density at radius 1 is 0.491 bits per heavy atom. The van der Waals surface area contributed by atoms with Gasteiger partial charge in [0.05, 0.1) is 51.9 Å². The number of aromatic nitrogens is 1. The van der Waals surface area contributed by atoms with E-state index in [1.165, 1.54) is 21.6 Å². The summed E-state index contributed by atoms with van der Waals surface area (Å²) in [6.45, 7) is 0.565. The zero-order valence-electron chi connectivity index (χ0n) is 63.3. The van der Waals surface area contributed by atoms with Gasteiger partial charge in [-0.3, -0.25) is 76.7 Å². The minimum atomic E-state index is -1.77. The molecule has 5 heterocycles. The number of likely N-dealkylation sites (tertiary alicyclic amines) is 4. The molecule has 4 saturated heterocycles. The molecule has 0 saturated carbocycles. The summed E-state index contributed by atoms with van der Waals surface area (Å²) in [5.74, 6) is -15.2. The maximum absolute atomic E-state index is 14.3. The Hall–Kier alpha value is -10.5. The van der Waals surface area contributed by atoms with Gasteiger partial charge in [0.2, 0.25) is 94.5 Å². The Bertz CT molecular complexity index is 3690. The van der Waals surface area contributed by atoms with E-state index in [2.05, 4.69) is 63.5 Å². The number of hydrogen-bond donors (Lipinski definition) is 20. The second-order valence-corrected chi connectivity index (χ2v) is 28.7. The Kier molecular flexibility index (Phi) is 35.9. The molecule has 0 spiro atoms. The summed E-state index contributed by atoms with van der Waals surface area (Å²) in [6, 6.07) is -9.87. The predicted molar refractivity (Wildman–Crippen MR) is 397 cm³/mol. The van der Waals surface area contributed by atoms with Crippen molar-refractivity contribution in [3.63, 3.8) is 0 Å². The average Bonchev–Trinajstić information content (AvgIpc) is 1.63. The Morgan fingerprint density at radius 3 is 1.49 bits per heavy atom. The Balaban J connectivity index is 0.934. The van der Waals surface area contributed by atoms with E-state index in [1.807, 2.05) is 38.1 Å². The number of carbonyl (C=O) groups is 17. The SMILES string of the molecule is CC(C)C[C@H](NC(=O)[C@@H](N)Cc1c[nH]c2ccccc12)C(=O)N[C@@H](CCCCN)C(=O)N[C@@H](CC(N)=O)C(=O)NCC(=O)NCC(=O)N1CCC[C@H]1C(=O)N[C@@H](CO)C(=O)N[C@@H](CO)C(=O)NCC(=O)N[C@@H](C)C(=O)N1CCC[C@H]1C(=O)N1CCC[C@H]1C(=O)N1CCC[C@H]1C(=O)N[C@@H](CO)C(=O)N[C@@H](CCCCN)C(=O)O. The number of aromatic amines is 1. The van der Waals surface area contributed by atoms with Gasteiger partial charge in [0.1, 0.15) is 72.5 Å². The van der Waals surface area contributed by atoms with E-state index in [0.717, 1.165) is 21.4 Å². The normalized spacial score (nSPS) is 19.1. The van der Waals surface area contributed by atoms with Crippen LogP contribution in [0.2, 0.25) is 0 Å². The molecule has 24 N–H and O–H groups in total. The molecule has 41 nitrogen and oxygen atoms in total. The first-order valence-corrected chi connectivity index (χ1v) is 37.9. The molecule has 41 heteroatoms. The van der Waals surface area contributed by atoms with Crippen LogP contribution in [0.3, 0.4) is 0 Å². The number of aliphatic hydroxyl groups is 3. The van der Waals surface area contributed by atoms with Gasteiger partial charge in [-0.2, -0.15) is 0 Å². The van der Waals surface area contributed by atoms with E-state index in [0.29, 0.717) is 51.5 Å². The van der Waals surface area contributed by atoms with E-state index in [4.69, 9.17) is 22.9 Å². The highest BCUT2D eigenvalue weighted by atomic mass is 16.4. The van der Waals surface area contributed by atoms with Gasteiger partial charge in [-0.25, -0.2) is 4.79 Å². The molecule has 112 heavy (non-hydrogen) atoms. The number of benzene rings is 1. The third-order valence-corrected chi connectivity index (χ3v) is 19.8. The third kappa shape index (κ3) is 26.1. The highest BCUT2D eigenvalue weighted by Gasteiger charge is 2.47. The molecular weight excluding hydrogens is 1470 g/mol. The zero-order chi connectivity index (χ0) is 82.5. The first-order chi connectivity index (χ1) is 53.4. The van der Waals surface area contributed by atoms with Crippen molar-refractivity contribution in [2.45, 2.75) is 208 Å². The number of primary amides is 1. The maximum Gasteiger partial charge on any atom is 0.326 e. The second-order valence-electron chi connectivity index (χ2n) is 28.7. The van der Waals surface area contributed by atoms with Gasteiger partial charge >= 0.3 is 5.97 Å². The number of nitrogens with one attached hydrogen (secondary N) is 12. The number of H-pyrrole nitrogens is 1. The first-order valence-electron chi connectivity index (χ1n) is 37.9. The van der Waals surface area contributed by atoms with Gasteiger partial charge < -0.3 is 126 Å². The van der Waals surface area contributed by atoms with Crippen molar-refractivity contribution in [3.8, 4) is 0 Å². The average molecular weight is 1580 g/mol. The summed E-state index contributed by atoms with van der Waals surface area (Å²) in [5.41, 5.74) is 24.6. The van der Waals surface area contributed by atoms with Crippen molar-refractivity contribution in [3.05, 3.63) is 36.0 Å². The van der Waals surface area contributed by atoms with Crippen molar-refractivity contribution in [1.29, 1.82) is 0 Å². The number of amides is 16. The number of rotatable bonds is 44. The quantitative estimate of drug-likeness (QED) is 0.0274.